The number of amides is 1. The SMILES string of the molecule is COCCC(N)C(=O)N1CC2CCC(C1)O2. The summed E-state index contributed by atoms with van der Waals surface area (Å²) in [6.45, 7) is 1.94. The predicted octanol–water partition coefficient (Wildman–Crippen LogP) is -0.260. The number of nitrogens with two attached hydrogens (primary N) is 1. The molecule has 2 aliphatic heterocycles. The van der Waals surface area contributed by atoms with E-state index in [2.05, 4.69) is 0 Å². The Hall–Kier alpha value is -0.650. The Bertz CT molecular complexity index is 248. The van der Waals surface area contributed by atoms with Crippen molar-refractivity contribution in [2.75, 3.05) is 26.8 Å². The summed E-state index contributed by atoms with van der Waals surface area (Å²) in [5.41, 5.74) is 5.83. The normalized spacial score (nSPS) is 30.5. The molecular formula is C11H20N2O3. The highest BCUT2D eigenvalue weighted by Gasteiger charge is 2.36. The first kappa shape index (κ1) is 11.8. The van der Waals surface area contributed by atoms with Crippen molar-refractivity contribution in [2.24, 2.45) is 5.73 Å². The lowest BCUT2D eigenvalue weighted by molar-refractivity contribution is -0.141. The molecule has 1 amide bonds. The Morgan fingerprint density at radius 2 is 2.12 bits per heavy atom. The van der Waals surface area contributed by atoms with Crippen LogP contribution in [0.5, 0.6) is 0 Å². The molecule has 2 fully saturated rings. The summed E-state index contributed by atoms with van der Waals surface area (Å²) in [4.78, 5) is 13.9. The Balaban J connectivity index is 1.85. The van der Waals surface area contributed by atoms with Crippen LogP contribution in [0.25, 0.3) is 0 Å². The number of carbonyl (C=O) groups excluding carboxylic acids is 1. The standard InChI is InChI=1S/C11H20N2O3/c1-15-5-4-10(12)11(14)13-6-8-2-3-9(7-13)16-8/h8-10H,2-7,12H2,1H3. The Kier molecular flexibility index (Phi) is 3.78. The van der Waals surface area contributed by atoms with Gasteiger partial charge in [-0.2, -0.15) is 0 Å². The third-order valence-corrected chi connectivity index (χ3v) is 3.31. The lowest BCUT2D eigenvalue weighted by Crippen LogP contribution is -2.51. The molecule has 0 aromatic rings. The molecule has 2 N–H and O–H groups in total. The highest BCUT2D eigenvalue weighted by atomic mass is 16.5. The number of hydrogen-bond acceptors (Lipinski definition) is 4. The number of rotatable bonds is 4. The van der Waals surface area contributed by atoms with Crippen LogP contribution in [0, 0.1) is 0 Å². The number of methoxy groups -OCH3 is 1. The largest absolute Gasteiger partial charge is 0.385 e. The third kappa shape index (κ3) is 2.53. The topological polar surface area (TPSA) is 64.8 Å². The van der Waals surface area contributed by atoms with E-state index in [4.69, 9.17) is 15.2 Å². The van der Waals surface area contributed by atoms with Crippen LogP contribution in [0.3, 0.4) is 0 Å². The van der Waals surface area contributed by atoms with Gasteiger partial charge in [0, 0.05) is 26.8 Å². The summed E-state index contributed by atoms with van der Waals surface area (Å²) < 4.78 is 10.6. The highest BCUT2D eigenvalue weighted by molar-refractivity contribution is 5.81. The number of ether oxygens (including phenoxy) is 2. The minimum atomic E-state index is -0.433. The molecule has 2 saturated heterocycles. The third-order valence-electron chi connectivity index (χ3n) is 3.31. The van der Waals surface area contributed by atoms with Gasteiger partial charge in [-0.15, -0.1) is 0 Å². The maximum atomic E-state index is 12.0. The molecule has 0 saturated carbocycles. The molecule has 0 radical (unpaired) electrons. The average molecular weight is 228 g/mol. The number of morpholine rings is 1. The summed E-state index contributed by atoms with van der Waals surface area (Å²) in [6, 6.07) is -0.433. The molecule has 0 aromatic heterocycles. The lowest BCUT2D eigenvalue weighted by atomic mass is 10.2. The molecular weight excluding hydrogens is 208 g/mol. The van der Waals surface area contributed by atoms with Crippen LogP contribution in [0.1, 0.15) is 19.3 Å². The van der Waals surface area contributed by atoms with Crippen LogP contribution < -0.4 is 5.73 Å². The summed E-state index contributed by atoms with van der Waals surface area (Å²) >= 11 is 0. The highest BCUT2D eigenvalue weighted by Crippen LogP contribution is 2.26. The smallest absolute Gasteiger partial charge is 0.239 e. The van der Waals surface area contributed by atoms with E-state index >= 15 is 0 Å². The molecule has 3 unspecified atom stereocenters. The van der Waals surface area contributed by atoms with Crippen molar-refractivity contribution < 1.29 is 14.3 Å². The van der Waals surface area contributed by atoms with E-state index in [1.165, 1.54) is 0 Å². The maximum Gasteiger partial charge on any atom is 0.239 e. The van der Waals surface area contributed by atoms with Crippen LogP contribution in [0.2, 0.25) is 0 Å². The predicted molar refractivity (Wildman–Crippen MR) is 58.9 cm³/mol. The van der Waals surface area contributed by atoms with E-state index in [1.807, 2.05) is 4.90 Å². The van der Waals surface area contributed by atoms with E-state index in [1.54, 1.807) is 7.11 Å². The van der Waals surface area contributed by atoms with Gasteiger partial charge < -0.3 is 20.1 Å². The Labute approximate surface area is 95.9 Å². The molecule has 2 rings (SSSR count). The number of carbonyl (C=O) groups is 1. The molecule has 5 nitrogen and oxygen atoms in total. The van der Waals surface area contributed by atoms with Gasteiger partial charge in [0.05, 0.1) is 18.2 Å². The molecule has 2 bridgehead atoms. The Morgan fingerprint density at radius 1 is 1.50 bits per heavy atom. The van der Waals surface area contributed by atoms with Crippen molar-refractivity contribution in [3.63, 3.8) is 0 Å². The van der Waals surface area contributed by atoms with Crippen LogP contribution >= 0.6 is 0 Å². The van der Waals surface area contributed by atoms with Crippen molar-refractivity contribution >= 4 is 5.91 Å². The van der Waals surface area contributed by atoms with Crippen LogP contribution in [0.15, 0.2) is 0 Å². The van der Waals surface area contributed by atoms with Gasteiger partial charge in [0.2, 0.25) is 5.91 Å². The monoisotopic (exact) mass is 228 g/mol. The van der Waals surface area contributed by atoms with E-state index in [0.29, 0.717) is 26.1 Å². The first-order valence-electron chi connectivity index (χ1n) is 5.89. The lowest BCUT2D eigenvalue weighted by Gasteiger charge is -2.33. The van der Waals surface area contributed by atoms with Gasteiger partial charge in [-0.3, -0.25) is 4.79 Å². The molecule has 0 aliphatic carbocycles. The quantitative estimate of drug-likeness (QED) is 0.720. The van der Waals surface area contributed by atoms with Crippen molar-refractivity contribution in [1.29, 1.82) is 0 Å². The second-order valence-electron chi connectivity index (χ2n) is 4.59. The van der Waals surface area contributed by atoms with Gasteiger partial charge in [0.25, 0.3) is 0 Å². The zero-order chi connectivity index (χ0) is 11.5. The minimum Gasteiger partial charge on any atom is -0.385 e. The fourth-order valence-corrected chi connectivity index (χ4v) is 2.40. The number of nitrogens with zero attached hydrogens (tertiary/aromatic N) is 1. The molecule has 2 aliphatic rings. The van der Waals surface area contributed by atoms with E-state index in [9.17, 15) is 4.79 Å². The molecule has 3 atom stereocenters. The first-order chi connectivity index (χ1) is 7.70. The molecule has 2 heterocycles. The molecule has 0 spiro atoms. The molecule has 5 heteroatoms. The fraction of sp³-hybridized carbons (Fsp3) is 0.909. The van der Waals surface area contributed by atoms with Crippen molar-refractivity contribution in [3.05, 3.63) is 0 Å². The van der Waals surface area contributed by atoms with Crippen LogP contribution in [-0.4, -0.2) is 55.9 Å². The number of fused-ring (bicyclic) bond motifs is 2. The van der Waals surface area contributed by atoms with Gasteiger partial charge in [-0.1, -0.05) is 0 Å². The maximum absolute atomic E-state index is 12.0. The molecule has 92 valence electrons. The van der Waals surface area contributed by atoms with E-state index in [0.717, 1.165) is 12.8 Å². The minimum absolute atomic E-state index is 0.0391. The van der Waals surface area contributed by atoms with Crippen LogP contribution in [0.4, 0.5) is 0 Å². The number of likely N-dealkylation sites (tertiary alicyclic amines) is 1. The van der Waals surface area contributed by atoms with Crippen molar-refractivity contribution in [1.82, 2.24) is 4.90 Å². The summed E-state index contributed by atoms with van der Waals surface area (Å²) in [5.74, 6) is 0.0391. The van der Waals surface area contributed by atoms with Gasteiger partial charge >= 0.3 is 0 Å². The second kappa shape index (κ2) is 5.12. The van der Waals surface area contributed by atoms with Gasteiger partial charge in [-0.05, 0) is 19.3 Å². The van der Waals surface area contributed by atoms with Crippen molar-refractivity contribution in [2.45, 2.75) is 37.5 Å². The molecule has 16 heavy (non-hydrogen) atoms. The van der Waals surface area contributed by atoms with Crippen LogP contribution in [-0.2, 0) is 14.3 Å². The van der Waals surface area contributed by atoms with E-state index in [-0.39, 0.29) is 18.1 Å². The fourth-order valence-electron chi connectivity index (χ4n) is 2.40. The summed E-state index contributed by atoms with van der Waals surface area (Å²) in [5, 5.41) is 0. The van der Waals surface area contributed by atoms with Crippen molar-refractivity contribution in [3.8, 4) is 0 Å². The number of hydrogen-bond donors (Lipinski definition) is 1. The zero-order valence-electron chi connectivity index (χ0n) is 9.72. The van der Waals surface area contributed by atoms with E-state index < -0.39 is 6.04 Å². The summed E-state index contributed by atoms with van der Waals surface area (Å²) in [6.07, 6.45) is 3.19. The summed E-state index contributed by atoms with van der Waals surface area (Å²) in [7, 11) is 1.62. The average Bonchev–Trinajstić information content (AvgIpc) is 2.64. The van der Waals surface area contributed by atoms with Gasteiger partial charge in [0.15, 0.2) is 0 Å². The first-order valence-corrected chi connectivity index (χ1v) is 5.89. The Morgan fingerprint density at radius 3 is 2.69 bits per heavy atom. The molecule has 0 aromatic carbocycles. The second-order valence-corrected chi connectivity index (χ2v) is 4.59. The zero-order valence-corrected chi connectivity index (χ0v) is 9.72. The van der Waals surface area contributed by atoms with Gasteiger partial charge in [0.1, 0.15) is 0 Å². The van der Waals surface area contributed by atoms with Gasteiger partial charge in [-0.25, -0.2) is 0 Å².